The normalized spacial score (nSPS) is 13.6. The highest BCUT2D eigenvalue weighted by molar-refractivity contribution is 6.22. The Morgan fingerprint density at radius 3 is 1.98 bits per heavy atom. The average molecular weight is 592 g/mol. The molecule has 0 aliphatic carbocycles. The Labute approximate surface area is 264 Å². The number of hydrogen-bond donors (Lipinski definition) is 0. The molecule has 3 nitrogen and oxygen atoms in total. The molecule has 4 heterocycles. The van der Waals surface area contributed by atoms with Gasteiger partial charge in [0, 0.05) is 55.0 Å². The van der Waals surface area contributed by atoms with Crippen LogP contribution in [0.1, 0.15) is 25.1 Å². The molecule has 0 radical (unpaired) electrons. The van der Waals surface area contributed by atoms with E-state index in [2.05, 4.69) is 128 Å². The van der Waals surface area contributed by atoms with Gasteiger partial charge in [-0.05, 0) is 90.4 Å². The second-order valence-corrected chi connectivity index (χ2v) is 12.5. The molecule has 0 saturated carbocycles. The molecule has 0 aliphatic rings. The zero-order valence-corrected chi connectivity index (χ0v) is 25.8. The minimum Gasteiger partial charge on any atom is -0.456 e. The lowest BCUT2D eigenvalue weighted by atomic mass is 9.94. The predicted molar refractivity (Wildman–Crippen MR) is 192 cm³/mol. The van der Waals surface area contributed by atoms with Gasteiger partial charge in [0.2, 0.25) is 0 Å². The van der Waals surface area contributed by atoms with E-state index in [4.69, 9.17) is 8.83 Å². The molecule has 0 fully saturated rings. The average Bonchev–Trinajstić information content (AvgIpc) is 3.82. The molecular formula is C43H29NO2. The Kier molecular flexibility index (Phi) is 5.06. The van der Waals surface area contributed by atoms with Crippen LogP contribution in [-0.4, -0.2) is 4.40 Å². The van der Waals surface area contributed by atoms with Crippen LogP contribution in [0, 0.1) is 6.92 Å². The zero-order chi connectivity index (χ0) is 30.7. The minimum absolute atomic E-state index is 0.912. The molecule has 10 aromatic rings. The highest BCUT2D eigenvalue weighted by Crippen LogP contribution is 2.44. The van der Waals surface area contributed by atoms with Gasteiger partial charge >= 0.3 is 0 Å². The fourth-order valence-corrected chi connectivity index (χ4v) is 7.98. The summed E-state index contributed by atoms with van der Waals surface area (Å²) >= 11 is 0. The molecule has 0 saturated heterocycles. The summed E-state index contributed by atoms with van der Waals surface area (Å²) in [5.74, 6) is 0. The molecule has 218 valence electrons. The van der Waals surface area contributed by atoms with Crippen molar-refractivity contribution in [2.75, 3.05) is 0 Å². The van der Waals surface area contributed by atoms with Gasteiger partial charge in [-0.1, -0.05) is 72.8 Å². The molecule has 46 heavy (non-hydrogen) atoms. The third-order valence-electron chi connectivity index (χ3n) is 10.1. The molecule has 0 amide bonds. The Morgan fingerprint density at radius 2 is 1.20 bits per heavy atom. The maximum Gasteiger partial charge on any atom is 0.137 e. The van der Waals surface area contributed by atoms with E-state index in [1.54, 1.807) is 0 Å². The summed E-state index contributed by atoms with van der Waals surface area (Å²) in [6.45, 7) is 6.66. The number of aromatic nitrogens is 1. The molecule has 0 spiro atoms. The van der Waals surface area contributed by atoms with Gasteiger partial charge in [-0.2, -0.15) is 0 Å². The van der Waals surface area contributed by atoms with Gasteiger partial charge in [0.05, 0.1) is 11.0 Å². The maximum absolute atomic E-state index is 6.40. The monoisotopic (exact) mass is 591 g/mol. The summed E-state index contributed by atoms with van der Waals surface area (Å²) in [6, 6.07) is 41.3. The van der Waals surface area contributed by atoms with Crippen LogP contribution < -0.4 is 10.4 Å². The fraction of sp³-hybridized carbons (Fsp3) is 0.0698. The first kappa shape index (κ1) is 25.5. The second kappa shape index (κ2) is 9.12. The Morgan fingerprint density at radius 1 is 0.565 bits per heavy atom. The van der Waals surface area contributed by atoms with Crippen molar-refractivity contribution in [1.82, 2.24) is 4.40 Å². The fourth-order valence-electron chi connectivity index (χ4n) is 7.98. The molecule has 0 aliphatic heterocycles. The predicted octanol–water partition coefficient (Wildman–Crippen LogP) is 10.5. The van der Waals surface area contributed by atoms with Crippen molar-refractivity contribution in [3.63, 3.8) is 0 Å². The van der Waals surface area contributed by atoms with Crippen LogP contribution in [0.15, 0.2) is 124 Å². The lowest BCUT2D eigenvalue weighted by molar-refractivity contribution is 0.668. The topological polar surface area (TPSA) is 30.7 Å². The third kappa shape index (κ3) is 3.32. The summed E-state index contributed by atoms with van der Waals surface area (Å²) in [5.41, 5.74) is 12.3. The Bertz CT molecular complexity index is 3000. The SMILES string of the molecule is CC=c1ccccc1=C(C)c1c(C)n2c3cc4oc5ccccc5c4cc3c3cc(-c4ccc5oc6ccccc6c5c4)cc1c32. The van der Waals surface area contributed by atoms with Crippen molar-refractivity contribution >= 4 is 82.7 Å². The number of benzene rings is 6. The number of nitrogens with zero attached hydrogens (tertiary/aromatic N) is 1. The molecule has 10 rings (SSSR count). The summed E-state index contributed by atoms with van der Waals surface area (Å²) < 4.78 is 15.0. The van der Waals surface area contributed by atoms with Crippen molar-refractivity contribution < 1.29 is 8.83 Å². The van der Waals surface area contributed by atoms with Gasteiger partial charge in [-0.15, -0.1) is 0 Å². The van der Waals surface area contributed by atoms with Gasteiger partial charge in [0.25, 0.3) is 0 Å². The number of aryl methyl sites for hydroxylation is 1. The molecule has 0 bridgehead atoms. The van der Waals surface area contributed by atoms with Gasteiger partial charge in [-0.3, -0.25) is 0 Å². The minimum atomic E-state index is 0.912. The summed E-state index contributed by atoms with van der Waals surface area (Å²) in [7, 11) is 0. The van der Waals surface area contributed by atoms with E-state index >= 15 is 0 Å². The maximum atomic E-state index is 6.40. The smallest absolute Gasteiger partial charge is 0.137 e. The lowest BCUT2D eigenvalue weighted by Gasteiger charge is -2.08. The highest BCUT2D eigenvalue weighted by Gasteiger charge is 2.23. The van der Waals surface area contributed by atoms with Crippen LogP contribution in [-0.2, 0) is 0 Å². The molecule has 0 atom stereocenters. The molecule has 0 N–H and O–H groups in total. The molecular weight excluding hydrogens is 562 g/mol. The van der Waals surface area contributed by atoms with E-state index in [0.29, 0.717) is 0 Å². The van der Waals surface area contributed by atoms with Gasteiger partial charge < -0.3 is 13.2 Å². The van der Waals surface area contributed by atoms with E-state index in [1.807, 2.05) is 18.2 Å². The number of rotatable bonds is 2. The van der Waals surface area contributed by atoms with Crippen LogP contribution >= 0.6 is 0 Å². The summed E-state index contributed by atoms with van der Waals surface area (Å²) in [6.07, 6.45) is 2.20. The van der Waals surface area contributed by atoms with Crippen LogP contribution in [0.25, 0.3) is 93.8 Å². The van der Waals surface area contributed by atoms with Crippen LogP contribution in [0.2, 0.25) is 0 Å². The van der Waals surface area contributed by atoms with Crippen molar-refractivity contribution in [3.05, 3.63) is 137 Å². The van der Waals surface area contributed by atoms with Crippen LogP contribution in [0.4, 0.5) is 0 Å². The first-order valence-electron chi connectivity index (χ1n) is 15.9. The number of hydrogen-bond acceptors (Lipinski definition) is 2. The van der Waals surface area contributed by atoms with E-state index in [-0.39, 0.29) is 0 Å². The summed E-state index contributed by atoms with van der Waals surface area (Å²) in [5, 5.41) is 10.9. The highest BCUT2D eigenvalue weighted by atomic mass is 16.3. The van der Waals surface area contributed by atoms with E-state index in [0.717, 1.165) is 43.9 Å². The number of fused-ring (bicyclic) bond motifs is 9. The van der Waals surface area contributed by atoms with E-state index in [1.165, 1.54) is 65.6 Å². The molecule has 6 aromatic carbocycles. The lowest BCUT2D eigenvalue weighted by Crippen LogP contribution is -2.25. The standard InChI is InChI=1S/C43H29NO2/c1-4-26-11-5-6-12-29(26)24(2)42-25(3)44-37-23-41-34(31-14-8-10-16-39(31)46-41)22-32(37)35-20-28(21-36(42)43(35)44)27-17-18-40-33(19-27)30-13-7-9-15-38(30)45-40/h4-23H,1-3H3. The van der Waals surface area contributed by atoms with Gasteiger partial charge in [-0.25, -0.2) is 0 Å². The first-order chi connectivity index (χ1) is 22.6. The van der Waals surface area contributed by atoms with Crippen LogP contribution in [0.3, 0.4) is 0 Å². The Hall–Kier alpha value is -5.80. The number of para-hydroxylation sites is 2. The van der Waals surface area contributed by atoms with Crippen molar-refractivity contribution in [3.8, 4) is 11.1 Å². The summed E-state index contributed by atoms with van der Waals surface area (Å²) in [4.78, 5) is 0. The van der Waals surface area contributed by atoms with E-state index < -0.39 is 0 Å². The van der Waals surface area contributed by atoms with Gasteiger partial charge in [0.1, 0.15) is 22.3 Å². The number of furan rings is 2. The van der Waals surface area contributed by atoms with Crippen molar-refractivity contribution in [2.24, 2.45) is 0 Å². The molecule has 0 unspecified atom stereocenters. The largest absolute Gasteiger partial charge is 0.456 e. The van der Waals surface area contributed by atoms with Crippen molar-refractivity contribution in [2.45, 2.75) is 20.8 Å². The van der Waals surface area contributed by atoms with Crippen LogP contribution in [0.5, 0.6) is 0 Å². The van der Waals surface area contributed by atoms with E-state index in [9.17, 15) is 0 Å². The Balaban J connectivity index is 1.37. The quantitative estimate of drug-likeness (QED) is 0.200. The molecule has 3 heteroatoms. The third-order valence-corrected chi connectivity index (χ3v) is 10.1. The van der Waals surface area contributed by atoms with Gasteiger partial charge in [0.15, 0.2) is 0 Å². The molecule has 4 aromatic heterocycles. The van der Waals surface area contributed by atoms with Crippen molar-refractivity contribution in [1.29, 1.82) is 0 Å². The second-order valence-electron chi connectivity index (χ2n) is 12.5. The first-order valence-corrected chi connectivity index (χ1v) is 15.9. The zero-order valence-electron chi connectivity index (χ0n) is 25.8.